The summed E-state index contributed by atoms with van der Waals surface area (Å²) in [7, 11) is 0. The van der Waals surface area contributed by atoms with Crippen molar-refractivity contribution in [1.82, 2.24) is 10.6 Å². The van der Waals surface area contributed by atoms with Crippen LogP contribution in [0.2, 0.25) is 0 Å². The Hall–Kier alpha value is -0.610. The quantitative estimate of drug-likeness (QED) is 0.652. The number of nitrogens with one attached hydrogen (secondary N) is 2. The van der Waals surface area contributed by atoms with Crippen LogP contribution in [0.25, 0.3) is 0 Å². The fourth-order valence-electron chi connectivity index (χ4n) is 2.13. The van der Waals surface area contributed by atoms with Crippen molar-refractivity contribution in [1.29, 1.82) is 0 Å². The van der Waals surface area contributed by atoms with Crippen molar-refractivity contribution in [3.63, 3.8) is 0 Å². The fraction of sp³-hybridized carbons (Fsp3) is 0.929. The van der Waals surface area contributed by atoms with Gasteiger partial charge in [0.05, 0.1) is 6.61 Å². The van der Waals surface area contributed by atoms with Crippen molar-refractivity contribution in [3.8, 4) is 0 Å². The lowest BCUT2D eigenvalue weighted by atomic mass is 10.1. The second kappa shape index (κ2) is 9.34. The molecule has 0 saturated carbocycles. The Bertz CT molecular complexity index is 228. The number of rotatable bonds is 8. The SMILES string of the molecule is CCCCCNC(=O)C(C)OCC1CCCCN1. The zero-order chi connectivity index (χ0) is 13.2. The van der Waals surface area contributed by atoms with Crippen LogP contribution in [0.3, 0.4) is 0 Å². The van der Waals surface area contributed by atoms with E-state index in [9.17, 15) is 4.79 Å². The number of piperidine rings is 1. The van der Waals surface area contributed by atoms with E-state index in [-0.39, 0.29) is 12.0 Å². The molecule has 0 bridgehead atoms. The Morgan fingerprint density at radius 3 is 2.94 bits per heavy atom. The summed E-state index contributed by atoms with van der Waals surface area (Å²) in [5.41, 5.74) is 0. The molecule has 2 unspecified atom stereocenters. The Balaban J connectivity index is 2.07. The molecular weight excluding hydrogens is 228 g/mol. The Kier molecular flexibility index (Phi) is 8.01. The zero-order valence-corrected chi connectivity index (χ0v) is 11.8. The van der Waals surface area contributed by atoms with Crippen LogP contribution in [-0.4, -0.2) is 37.7 Å². The van der Waals surface area contributed by atoms with Crippen LogP contribution in [0.4, 0.5) is 0 Å². The fourth-order valence-corrected chi connectivity index (χ4v) is 2.13. The molecule has 1 aliphatic heterocycles. The van der Waals surface area contributed by atoms with Crippen LogP contribution in [-0.2, 0) is 9.53 Å². The van der Waals surface area contributed by atoms with E-state index < -0.39 is 0 Å². The van der Waals surface area contributed by atoms with Gasteiger partial charge < -0.3 is 15.4 Å². The summed E-state index contributed by atoms with van der Waals surface area (Å²) in [6.45, 7) is 6.47. The predicted octanol–water partition coefficient (Wildman–Crippen LogP) is 1.84. The Morgan fingerprint density at radius 2 is 2.28 bits per heavy atom. The Labute approximate surface area is 111 Å². The van der Waals surface area contributed by atoms with Crippen LogP contribution in [0, 0.1) is 0 Å². The molecule has 1 heterocycles. The van der Waals surface area contributed by atoms with Gasteiger partial charge in [-0.3, -0.25) is 4.79 Å². The molecule has 18 heavy (non-hydrogen) atoms. The molecule has 4 nitrogen and oxygen atoms in total. The van der Waals surface area contributed by atoms with Gasteiger partial charge in [0.25, 0.3) is 0 Å². The van der Waals surface area contributed by atoms with Gasteiger partial charge in [-0.1, -0.05) is 26.2 Å². The van der Waals surface area contributed by atoms with E-state index >= 15 is 0 Å². The Morgan fingerprint density at radius 1 is 1.44 bits per heavy atom. The van der Waals surface area contributed by atoms with E-state index in [1.165, 1.54) is 25.7 Å². The first-order valence-corrected chi connectivity index (χ1v) is 7.36. The molecule has 1 rings (SSSR count). The summed E-state index contributed by atoms with van der Waals surface area (Å²) < 4.78 is 5.63. The third-order valence-electron chi connectivity index (χ3n) is 3.41. The summed E-state index contributed by atoms with van der Waals surface area (Å²) >= 11 is 0. The number of hydrogen-bond donors (Lipinski definition) is 2. The third kappa shape index (κ3) is 6.36. The molecule has 0 aromatic carbocycles. The van der Waals surface area contributed by atoms with Crippen LogP contribution in [0.15, 0.2) is 0 Å². The lowest BCUT2D eigenvalue weighted by molar-refractivity contribution is -0.132. The van der Waals surface area contributed by atoms with Crippen molar-refractivity contribution in [2.24, 2.45) is 0 Å². The molecule has 106 valence electrons. The van der Waals surface area contributed by atoms with E-state index in [1.54, 1.807) is 0 Å². The molecule has 4 heteroatoms. The van der Waals surface area contributed by atoms with Gasteiger partial charge in [-0.25, -0.2) is 0 Å². The summed E-state index contributed by atoms with van der Waals surface area (Å²) in [5, 5.41) is 6.34. The number of ether oxygens (including phenoxy) is 1. The first-order chi connectivity index (χ1) is 8.74. The highest BCUT2D eigenvalue weighted by Gasteiger charge is 2.17. The largest absolute Gasteiger partial charge is 0.367 e. The van der Waals surface area contributed by atoms with Gasteiger partial charge in [-0.15, -0.1) is 0 Å². The van der Waals surface area contributed by atoms with E-state index in [4.69, 9.17) is 4.74 Å². The second-order valence-corrected chi connectivity index (χ2v) is 5.12. The number of amides is 1. The van der Waals surface area contributed by atoms with Crippen LogP contribution in [0.1, 0.15) is 52.4 Å². The van der Waals surface area contributed by atoms with Crippen LogP contribution >= 0.6 is 0 Å². The number of carbonyl (C=O) groups excluding carboxylic acids is 1. The number of carbonyl (C=O) groups is 1. The molecule has 2 N–H and O–H groups in total. The van der Waals surface area contributed by atoms with Crippen molar-refractivity contribution in [2.75, 3.05) is 19.7 Å². The van der Waals surface area contributed by atoms with Gasteiger partial charge in [0.2, 0.25) is 5.91 Å². The molecule has 0 radical (unpaired) electrons. The maximum atomic E-state index is 11.7. The molecule has 0 aromatic heterocycles. The first-order valence-electron chi connectivity index (χ1n) is 7.36. The molecule has 1 saturated heterocycles. The maximum absolute atomic E-state index is 11.7. The summed E-state index contributed by atoms with van der Waals surface area (Å²) in [6, 6.07) is 0.425. The molecular formula is C14H28N2O2. The number of hydrogen-bond acceptors (Lipinski definition) is 3. The third-order valence-corrected chi connectivity index (χ3v) is 3.41. The van der Waals surface area contributed by atoms with Gasteiger partial charge in [-0.05, 0) is 32.7 Å². The predicted molar refractivity (Wildman–Crippen MR) is 73.6 cm³/mol. The highest BCUT2D eigenvalue weighted by atomic mass is 16.5. The smallest absolute Gasteiger partial charge is 0.248 e. The lowest BCUT2D eigenvalue weighted by Gasteiger charge is -2.24. The maximum Gasteiger partial charge on any atom is 0.248 e. The van der Waals surface area contributed by atoms with Crippen molar-refractivity contribution in [2.45, 2.75) is 64.5 Å². The number of unbranched alkanes of at least 4 members (excludes halogenated alkanes) is 2. The second-order valence-electron chi connectivity index (χ2n) is 5.12. The van der Waals surface area contributed by atoms with Gasteiger partial charge >= 0.3 is 0 Å². The van der Waals surface area contributed by atoms with Crippen LogP contribution < -0.4 is 10.6 Å². The molecule has 0 aliphatic carbocycles. The minimum atomic E-state index is -0.338. The molecule has 1 amide bonds. The minimum absolute atomic E-state index is 0.0157. The molecule has 1 fully saturated rings. The molecule has 0 aromatic rings. The average molecular weight is 256 g/mol. The highest BCUT2D eigenvalue weighted by molar-refractivity contribution is 5.80. The molecule has 0 spiro atoms. The minimum Gasteiger partial charge on any atom is -0.367 e. The van der Waals surface area contributed by atoms with Gasteiger partial charge in [0.1, 0.15) is 6.10 Å². The summed E-state index contributed by atoms with van der Waals surface area (Å²) in [6.07, 6.45) is 6.74. The van der Waals surface area contributed by atoms with E-state index in [0.717, 1.165) is 25.9 Å². The van der Waals surface area contributed by atoms with Gasteiger partial charge in [0, 0.05) is 12.6 Å². The molecule has 2 atom stereocenters. The van der Waals surface area contributed by atoms with Crippen LogP contribution in [0.5, 0.6) is 0 Å². The summed E-state index contributed by atoms with van der Waals surface area (Å²) in [4.78, 5) is 11.7. The van der Waals surface area contributed by atoms with E-state index in [1.807, 2.05) is 6.92 Å². The summed E-state index contributed by atoms with van der Waals surface area (Å²) in [5.74, 6) is 0.0157. The lowest BCUT2D eigenvalue weighted by Crippen LogP contribution is -2.41. The highest BCUT2D eigenvalue weighted by Crippen LogP contribution is 2.08. The molecule has 1 aliphatic rings. The average Bonchev–Trinajstić information content (AvgIpc) is 2.42. The standard InChI is InChI=1S/C14H28N2O2/c1-3-4-6-10-16-14(17)12(2)18-11-13-8-5-7-9-15-13/h12-13,15H,3-11H2,1-2H3,(H,16,17). The zero-order valence-electron chi connectivity index (χ0n) is 11.8. The topological polar surface area (TPSA) is 50.4 Å². The van der Waals surface area contributed by atoms with Crippen molar-refractivity contribution in [3.05, 3.63) is 0 Å². The van der Waals surface area contributed by atoms with E-state index in [2.05, 4.69) is 17.6 Å². The monoisotopic (exact) mass is 256 g/mol. The first kappa shape index (κ1) is 15.4. The van der Waals surface area contributed by atoms with E-state index in [0.29, 0.717) is 12.6 Å². The normalized spacial score (nSPS) is 21.6. The van der Waals surface area contributed by atoms with Gasteiger partial charge in [-0.2, -0.15) is 0 Å². The van der Waals surface area contributed by atoms with Crippen molar-refractivity contribution < 1.29 is 9.53 Å². The van der Waals surface area contributed by atoms with Gasteiger partial charge in [0.15, 0.2) is 0 Å². The van der Waals surface area contributed by atoms with Crippen molar-refractivity contribution >= 4 is 5.91 Å².